The molecule has 0 atom stereocenters. The van der Waals surface area contributed by atoms with E-state index in [9.17, 15) is 10.0 Å². The van der Waals surface area contributed by atoms with E-state index in [4.69, 9.17) is 4.74 Å². The third kappa shape index (κ3) is 2.90. The van der Waals surface area contributed by atoms with Crippen LogP contribution in [0.2, 0.25) is 0 Å². The zero-order valence-corrected chi connectivity index (χ0v) is 12.3. The topological polar surface area (TPSA) is 99.6 Å². The molecule has 7 heteroatoms. The lowest BCUT2D eigenvalue weighted by molar-refractivity contribution is 0.0601. The number of aromatic amines is 1. The van der Waals surface area contributed by atoms with Gasteiger partial charge in [0, 0.05) is 5.39 Å². The molecule has 0 aliphatic rings. The van der Waals surface area contributed by atoms with Gasteiger partial charge >= 0.3 is 5.97 Å². The highest BCUT2D eigenvalue weighted by Crippen LogP contribution is 2.20. The molecule has 7 nitrogen and oxygen atoms in total. The van der Waals surface area contributed by atoms with Gasteiger partial charge in [-0.2, -0.15) is 5.10 Å². The van der Waals surface area contributed by atoms with E-state index in [2.05, 4.69) is 20.7 Å². The normalized spacial score (nSPS) is 11.5. The number of para-hydroxylation sites is 1. The van der Waals surface area contributed by atoms with Crippen molar-refractivity contribution in [1.82, 2.24) is 15.7 Å². The summed E-state index contributed by atoms with van der Waals surface area (Å²) in [7, 11) is 1.32. The van der Waals surface area contributed by atoms with Gasteiger partial charge in [-0.3, -0.25) is 15.8 Å². The molecule has 0 aliphatic carbocycles. The average molecular weight is 310 g/mol. The molecule has 3 aromatic rings. The molecule has 23 heavy (non-hydrogen) atoms. The van der Waals surface area contributed by atoms with Crippen molar-refractivity contribution in [3.8, 4) is 0 Å². The maximum Gasteiger partial charge on any atom is 0.337 e. The standard InChI is InChI=1S/C16H14N4O3/c1-23-16(21)10-7-8-13-12(9-10)14(19-18-13)15(20-22)17-11-5-3-2-4-6-11/h2-9,22H,1H3,(H,17,20)(H,18,19). The Morgan fingerprint density at radius 3 is 2.74 bits per heavy atom. The van der Waals surface area contributed by atoms with E-state index >= 15 is 0 Å². The van der Waals surface area contributed by atoms with Crippen LogP contribution >= 0.6 is 0 Å². The summed E-state index contributed by atoms with van der Waals surface area (Å²) in [5.41, 5.74) is 4.22. The number of carbonyl (C=O) groups is 1. The van der Waals surface area contributed by atoms with Gasteiger partial charge in [-0.15, -0.1) is 0 Å². The summed E-state index contributed by atoms with van der Waals surface area (Å²) in [4.78, 5) is 16.0. The van der Waals surface area contributed by atoms with Crippen molar-refractivity contribution in [2.45, 2.75) is 0 Å². The Morgan fingerprint density at radius 2 is 2.04 bits per heavy atom. The second-order valence-corrected chi connectivity index (χ2v) is 4.73. The number of aromatic nitrogens is 2. The molecule has 3 rings (SSSR count). The number of nitrogens with zero attached hydrogens (tertiary/aromatic N) is 2. The fourth-order valence-electron chi connectivity index (χ4n) is 2.20. The number of ether oxygens (including phenoxy) is 1. The van der Waals surface area contributed by atoms with Crippen LogP contribution in [-0.2, 0) is 4.74 Å². The molecular weight excluding hydrogens is 296 g/mol. The van der Waals surface area contributed by atoms with Crippen LogP contribution in [0.15, 0.2) is 53.5 Å². The number of hydroxylamine groups is 1. The number of H-pyrrole nitrogens is 1. The Bertz CT molecular complexity index is 871. The minimum atomic E-state index is -0.447. The fraction of sp³-hybridized carbons (Fsp3) is 0.0625. The third-order valence-corrected chi connectivity index (χ3v) is 3.31. The molecule has 0 spiro atoms. The first-order valence-electron chi connectivity index (χ1n) is 6.83. The number of esters is 1. The maximum absolute atomic E-state index is 11.7. The quantitative estimate of drug-likeness (QED) is 0.298. The predicted octanol–water partition coefficient (Wildman–Crippen LogP) is 2.41. The van der Waals surface area contributed by atoms with Gasteiger partial charge in [-0.1, -0.05) is 18.2 Å². The van der Waals surface area contributed by atoms with Crippen LogP contribution in [-0.4, -0.2) is 34.3 Å². The Kier molecular flexibility index (Phi) is 4.03. The van der Waals surface area contributed by atoms with Gasteiger partial charge in [0.15, 0.2) is 5.84 Å². The highest BCUT2D eigenvalue weighted by Gasteiger charge is 2.15. The van der Waals surface area contributed by atoms with Crippen molar-refractivity contribution in [3.05, 3.63) is 59.8 Å². The lowest BCUT2D eigenvalue weighted by atomic mass is 10.1. The second-order valence-electron chi connectivity index (χ2n) is 4.73. The van der Waals surface area contributed by atoms with Gasteiger partial charge in [0.1, 0.15) is 5.69 Å². The second kappa shape index (κ2) is 6.29. The number of fused-ring (bicyclic) bond motifs is 1. The van der Waals surface area contributed by atoms with Gasteiger partial charge in [-0.25, -0.2) is 9.79 Å². The van der Waals surface area contributed by atoms with Crippen LogP contribution < -0.4 is 5.48 Å². The van der Waals surface area contributed by atoms with E-state index in [1.165, 1.54) is 7.11 Å². The molecule has 2 aromatic carbocycles. The van der Waals surface area contributed by atoms with Crippen molar-refractivity contribution >= 4 is 28.4 Å². The Balaban J connectivity index is 2.10. The van der Waals surface area contributed by atoms with Crippen LogP contribution in [0.4, 0.5) is 5.69 Å². The highest BCUT2D eigenvalue weighted by molar-refractivity contribution is 6.09. The molecule has 0 radical (unpaired) electrons. The average Bonchev–Trinajstić information content (AvgIpc) is 3.03. The van der Waals surface area contributed by atoms with E-state index < -0.39 is 5.97 Å². The predicted molar refractivity (Wildman–Crippen MR) is 85.0 cm³/mol. The van der Waals surface area contributed by atoms with Gasteiger partial charge in [0.2, 0.25) is 0 Å². The SMILES string of the molecule is COC(=O)c1ccc2[nH]nc(C(=Nc3ccccc3)NO)c2c1. The molecular formula is C16H14N4O3. The monoisotopic (exact) mass is 310 g/mol. The number of nitrogens with one attached hydrogen (secondary N) is 2. The molecule has 0 bridgehead atoms. The number of amidine groups is 1. The van der Waals surface area contributed by atoms with Crippen molar-refractivity contribution in [1.29, 1.82) is 0 Å². The first-order valence-corrected chi connectivity index (χ1v) is 6.83. The Morgan fingerprint density at radius 1 is 1.26 bits per heavy atom. The van der Waals surface area contributed by atoms with Crippen LogP contribution in [0.25, 0.3) is 10.9 Å². The first-order chi connectivity index (χ1) is 11.2. The van der Waals surface area contributed by atoms with E-state index in [1.807, 2.05) is 18.2 Å². The summed E-state index contributed by atoms with van der Waals surface area (Å²) in [6.07, 6.45) is 0. The Labute approximate surface area is 131 Å². The van der Waals surface area contributed by atoms with E-state index in [-0.39, 0.29) is 5.84 Å². The number of rotatable bonds is 3. The molecule has 3 N–H and O–H groups in total. The zero-order chi connectivity index (χ0) is 16.2. The summed E-state index contributed by atoms with van der Waals surface area (Å²) in [5.74, 6) is -0.276. The number of aliphatic imine (C=N–C) groups is 1. The van der Waals surface area contributed by atoms with Gasteiger partial charge in [0.05, 0.1) is 23.9 Å². The van der Waals surface area contributed by atoms with E-state index in [1.54, 1.807) is 30.3 Å². The molecule has 0 amide bonds. The van der Waals surface area contributed by atoms with Crippen LogP contribution in [0.5, 0.6) is 0 Å². The van der Waals surface area contributed by atoms with Gasteiger partial charge in [0.25, 0.3) is 0 Å². The number of hydrogen-bond acceptors (Lipinski definition) is 5. The highest BCUT2D eigenvalue weighted by atomic mass is 16.5. The molecule has 0 saturated heterocycles. The Hall–Kier alpha value is -3.19. The first kappa shape index (κ1) is 14.7. The molecule has 0 saturated carbocycles. The summed E-state index contributed by atoms with van der Waals surface area (Å²) in [5, 5.41) is 17.1. The number of methoxy groups -OCH3 is 1. The van der Waals surface area contributed by atoms with Crippen molar-refractivity contribution in [3.63, 3.8) is 0 Å². The summed E-state index contributed by atoms with van der Waals surface area (Å²) in [6.45, 7) is 0. The van der Waals surface area contributed by atoms with Gasteiger partial charge in [-0.05, 0) is 30.3 Å². The third-order valence-electron chi connectivity index (χ3n) is 3.31. The van der Waals surface area contributed by atoms with Crippen molar-refractivity contribution in [2.75, 3.05) is 7.11 Å². The van der Waals surface area contributed by atoms with Gasteiger partial charge < -0.3 is 4.74 Å². The van der Waals surface area contributed by atoms with Crippen LogP contribution in [0, 0.1) is 0 Å². The zero-order valence-electron chi connectivity index (χ0n) is 12.3. The molecule has 0 fully saturated rings. The lowest BCUT2D eigenvalue weighted by Crippen LogP contribution is -2.20. The summed E-state index contributed by atoms with van der Waals surface area (Å²) >= 11 is 0. The number of benzene rings is 2. The van der Waals surface area contributed by atoms with E-state index in [0.717, 1.165) is 0 Å². The molecule has 116 valence electrons. The lowest BCUT2D eigenvalue weighted by Gasteiger charge is -2.03. The summed E-state index contributed by atoms with van der Waals surface area (Å²) < 4.78 is 4.72. The summed E-state index contributed by atoms with van der Waals surface area (Å²) in [6, 6.07) is 14.1. The van der Waals surface area contributed by atoms with Crippen LogP contribution in [0.3, 0.4) is 0 Å². The van der Waals surface area contributed by atoms with Crippen molar-refractivity contribution < 1.29 is 14.7 Å². The van der Waals surface area contributed by atoms with Crippen molar-refractivity contribution in [2.24, 2.45) is 4.99 Å². The largest absolute Gasteiger partial charge is 0.465 e. The minimum Gasteiger partial charge on any atom is -0.465 e. The molecule has 0 aliphatic heterocycles. The molecule has 1 heterocycles. The minimum absolute atomic E-state index is 0.171. The smallest absolute Gasteiger partial charge is 0.337 e. The fourth-order valence-corrected chi connectivity index (χ4v) is 2.20. The number of carbonyl (C=O) groups excluding carboxylic acids is 1. The maximum atomic E-state index is 11.7. The van der Waals surface area contributed by atoms with E-state index in [0.29, 0.717) is 27.8 Å². The molecule has 0 unspecified atom stereocenters. The molecule has 1 aromatic heterocycles. The van der Waals surface area contributed by atoms with Crippen LogP contribution in [0.1, 0.15) is 16.1 Å². The number of hydrogen-bond donors (Lipinski definition) is 3.